The number of nitrogens with zero attached hydrogens (tertiary/aromatic N) is 2. The Bertz CT molecular complexity index is 734. The largest absolute Gasteiger partial charge is 0.399 e. The van der Waals surface area contributed by atoms with Crippen LogP contribution in [-0.2, 0) is 14.8 Å². The van der Waals surface area contributed by atoms with Crippen molar-refractivity contribution in [1.82, 2.24) is 9.62 Å². The van der Waals surface area contributed by atoms with Gasteiger partial charge in [0.25, 0.3) is 0 Å². The lowest BCUT2D eigenvalue weighted by Crippen LogP contribution is -2.63. The average Bonchev–Trinajstić information content (AvgIpc) is 2.41. The normalized spacial score (nSPS) is 18.8. The minimum Gasteiger partial charge on any atom is -0.399 e. The van der Waals surface area contributed by atoms with Crippen molar-refractivity contribution in [3.05, 3.63) is 23.8 Å². The number of benzene rings is 1. The number of nitriles is 1. The second kappa shape index (κ2) is 5.02. The van der Waals surface area contributed by atoms with Crippen LogP contribution >= 0.6 is 0 Å². The van der Waals surface area contributed by atoms with Crippen molar-refractivity contribution >= 4 is 21.6 Å². The van der Waals surface area contributed by atoms with Gasteiger partial charge in [0.15, 0.2) is 0 Å². The highest BCUT2D eigenvalue weighted by Crippen LogP contribution is 2.29. The summed E-state index contributed by atoms with van der Waals surface area (Å²) in [5.74, 6) is -0.369. The highest BCUT2D eigenvalue weighted by molar-refractivity contribution is 7.89. The van der Waals surface area contributed by atoms with Gasteiger partial charge in [0, 0.05) is 18.8 Å². The summed E-state index contributed by atoms with van der Waals surface area (Å²) in [5, 5.41) is 11.8. The third-order valence-corrected chi connectivity index (χ3v) is 5.60. The first kappa shape index (κ1) is 15.3. The number of rotatable bonds is 2. The van der Waals surface area contributed by atoms with Crippen molar-refractivity contribution in [3.63, 3.8) is 0 Å². The van der Waals surface area contributed by atoms with E-state index in [0.717, 1.165) is 4.31 Å². The second-order valence-electron chi connectivity index (χ2n) is 5.26. The number of hydrogen-bond acceptors (Lipinski definition) is 5. The summed E-state index contributed by atoms with van der Waals surface area (Å²) in [5.41, 5.74) is 4.64. The van der Waals surface area contributed by atoms with Gasteiger partial charge in [-0.1, -0.05) is 0 Å². The first-order valence-electron chi connectivity index (χ1n) is 6.32. The average molecular weight is 308 g/mol. The lowest BCUT2D eigenvalue weighted by atomic mass is 10.0. The van der Waals surface area contributed by atoms with Gasteiger partial charge in [0.1, 0.15) is 16.5 Å². The molecule has 1 heterocycles. The summed E-state index contributed by atoms with van der Waals surface area (Å²) in [7, 11) is -3.97. The molecule has 0 saturated carbocycles. The van der Waals surface area contributed by atoms with Crippen molar-refractivity contribution in [1.29, 1.82) is 5.26 Å². The monoisotopic (exact) mass is 308 g/mol. The second-order valence-corrected chi connectivity index (χ2v) is 7.09. The fraction of sp³-hybridized carbons (Fsp3) is 0.385. The van der Waals surface area contributed by atoms with E-state index in [4.69, 9.17) is 11.0 Å². The summed E-state index contributed by atoms with van der Waals surface area (Å²) in [6.07, 6.45) is 0. The van der Waals surface area contributed by atoms with Crippen molar-refractivity contribution in [3.8, 4) is 6.07 Å². The van der Waals surface area contributed by atoms with Crippen LogP contribution in [0.2, 0.25) is 0 Å². The number of nitrogens with two attached hydrogens (primary N) is 1. The highest BCUT2D eigenvalue weighted by Gasteiger charge is 2.45. The SMILES string of the molecule is CC1(C)C(=O)NCCN1S(=O)(=O)c1ccc(N)cc1C#N. The number of carbonyl (C=O) groups is 1. The molecule has 0 unspecified atom stereocenters. The maximum absolute atomic E-state index is 12.8. The minimum atomic E-state index is -3.97. The Hall–Kier alpha value is -2.11. The van der Waals surface area contributed by atoms with E-state index < -0.39 is 15.6 Å². The third-order valence-electron chi connectivity index (χ3n) is 3.47. The molecule has 3 N–H and O–H groups in total. The molecule has 0 aliphatic carbocycles. The van der Waals surface area contributed by atoms with Crippen LogP contribution in [0, 0.1) is 11.3 Å². The number of anilines is 1. The van der Waals surface area contributed by atoms with E-state index in [1.165, 1.54) is 32.0 Å². The molecule has 112 valence electrons. The van der Waals surface area contributed by atoms with Crippen LogP contribution in [0.5, 0.6) is 0 Å². The van der Waals surface area contributed by atoms with Crippen molar-refractivity contribution in [2.24, 2.45) is 0 Å². The Balaban J connectivity index is 2.58. The molecular weight excluding hydrogens is 292 g/mol. The molecule has 7 nitrogen and oxygen atoms in total. The van der Waals surface area contributed by atoms with Crippen LogP contribution in [0.25, 0.3) is 0 Å². The van der Waals surface area contributed by atoms with E-state index >= 15 is 0 Å². The maximum Gasteiger partial charge on any atom is 0.245 e. The number of sulfonamides is 1. The number of nitrogen functional groups attached to an aromatic ring is 1. The summed E-state index contributed by atoms with van der Waals surface area (Å²) in [6, 6.07) is 5.86. The Kier molecular flexibility index (Phi) is 3.65. The fourth-order valence-corrected chi connectivity index (χ4v) is 4.15. The number of carbonyl (C=O) groups excluding carboxylic acids is 1. The van der Waals surface area contributed by atoms with E-state index in [1.807, 2.05) is 6.07 Å². The predicted octanol–water partition coefficient (Wildman–Crippen LogP) is 0.0396. The van der Waals surface area contributed by atoms with Gasteiger partial charge < -0.3 is 11.1 Å². The Morgan fingerprint density at radius 3 is 2.71 bits per heavy atom. The van der Waals surface area contributed by atoms with Gasteiger partial charge in [-0.2, -0.15) is 9.57 Å². The zero-order chi connectivity index (χ0) is 15.8. The van der Waals surface area contributed by atoms with E-state index in [-0.39, 0.29) is 29.5 Å². The molecule has 1 saturated heterocycles. The zero-order valence-corrected chi connectivity index (χ0v) is 12.6. The number of hydrogen-bond donors (Lipinski definition) is 2. The number of amides is 1. The van der Waals surface area contributed by atoms with Gasteiger partial charge in [-0.3, -0.25) is 4.79 Å². The molecule has 0 radical (unpaired) electrons. The number of nitrogens with one attached hydrogen (secondary N) is 1. The molecule has 1 amide bonds. The van der Waals surface area contributed by atoms with Gasteiger partial charge >= 0.3 is 0 Å². The lowest BCUT2D eigenvalue weighted by molar-refractivity contribution is -0.131. The third kappa shape index (κ3) is 2.46. The first-order valence-corrected chi connectivity index (χ1v) is 7.76. The standard InChI is InChI=1S/C13H16N4O3S/c1-13(2)12(18)16-5-6-17(13)21(19,20)11-4-3-10(15)7-9(11)8-14/h3-4,7H,5-6,15H2,1-2H3,(H,16,18). The smallest absolute Gasteiger partial charge is 0.245 e. The summed E-state index contributed by atoms with van der Waals surface area (Å²) in [6.45, 7) is 3.44. The van der Waals surface area contributed by atoms with E-state index in [2.05, 4.69) is 5.32 Å². The molecule has 0 bridgehead atoms. The quantitative estimate of drug-likeness (QED) is 0.748. The van der Waals surface area contributed by atoms with Crippen LogP contribution in [0.3, 0.4) is 0 Å². The van der Waals surface area contributed by atoms with E-state index in [0.29, 0.717) is 5.69 Å². The molecule has 2 rings (SSSR count). The molecule has 0 atom stereocenters. The summed E-state index contributed by atoms with van der Waals surface area (Å²) < 4.78 is 26.7. The first-order chi connectivity index (χ1) is 9.71. The van der Waals surface area contributed by atoms with E-state index in [1.54, 1.807) is 0 Å². The van der Waals surface area contributed by atoms with Gasteiger partial charge in [0.2, 0.25) is 15.9 Å². The maximum atomic E-state index is 12.8. The minimum absolute atomic E-state index is 0.0308. The zero-order valence-electron chi connectivity index (χ0n) is 11.8. The Morgan fingerprint density at radius 2 is 2.10 bits per heavy atom. The van der Waals surface area contributed by atoms with Crippen LogP contribution in [-0.4, -0.2) is 37.3 Å². The van der Waals surface area contributed by atoms with Crippen molar-refractivity contribution in [2.45, 2.75) is 24.3 Å². The fourth-order valence-electron chi connectivity index (χ4n) is 2.28. The van der Waals surface area contributed by atoms with Crippen molar-refractivity contribution < 1.29 is 13.2 Å². The van der Waals surface area contributed by atoms with Crippen LogP contribution < -0.4 is 11.1 Å². The molecule has 0 spiro atoms. The van der Waals surface area contributed by atoms with Gasteiger partial charge in [-0.25, -0.2) is 8.42 Å². The molecule has 1 fully saturated rings. The predicted molar refractivity (Wildman–Crippen MR) is 76.5 cm³/mol. The summed E-state index contributed by atoms with van der Waals surface area (Å²) in [4.78, 5) is 11.8. The Labute approximate surface area is 123 Å². The lowest BCUT2D eigenvalue weighted by Gasteiger charge is -2.39. The van der Waals surface area contributed by atoms with Gasteiger partial charge in [-0.05, 0) is 32.0 Å². The molecule has 21 heavy (non-hydrogen) atoms. The summed E-state index contributed by atoms with van der Waals surface area (Å²) >= 11 is 0. The molecule has 0 aromatic heterocycles. The molecule has 1 aliphatic heterocycles. The molecule has 1 aromatic rings. The van der Waals surface area contributed by atoms with Crippen LogP contribution in [0.4, 0.5) is 5.69 Å². The van der Waals surface area contributed by atoms with Crippen LogP contribution in [0.1, 0.15) is 19.4 Å². The molecular formula is C13H16N4O3S. The van der Waals surface area contributed by atoms with Crippen molar-refractivity contribution in [2.75, 3.05) is 18.8 Å². The topological polar surface area (TPSA) is 116 Å². The number of piperazine rings is 1. The highest BCUT2D eigenvalue weighted by atomic mass is 32.2. The van der Waals surface area contributed by atoms with Gasteiger partial charge in [-0.15, -0.1) is 0 Å². The molecule has 8 heteroatoms. The molecule has 1 aromatic carbocycles. The Morgan fingerprint density at radius 1 is 1.43 bits per heavy atom. The molecule has 1 aliphatic rings. The van der Waals surface area contributed by atoms with Crippen LogP contribution in [0.15, 0.2) is 23.1 Å². The van der Waals surface area contributed by atoms with E-state index in [9.17, 15) is 13.2 Å². The van der Waals surface area contributed by atoms with Gasteiger partial charge in [0.05, 0.1) is 5.56 Å².